The van der Waals surface area contributed by atoms with Gasteiger partial charge in [-0.1, -0.05) is 0 Å². The summed E-state index contributed by atoms with van der Waals surface area (Å²) in [6.45, 7) is 5.53. The summed E-state index contributed by atoms with van der Waals surface area (Å²) in [5.74, 6) is 0. The van der Waals surface area contributed by atoms with Crippen molar-refractivity contribution in [2.24, 2.45) is 5.73 Å². The second kappa shape index (κ2) is 4.77. The highest BCUT2D eigenvalue weighted by Crippen LogP contribution is 2.05. The zero-order chi connectivity index (χ0) is 8.97. The molecule has 1 heterocycles. The Morgan fingerprint density at radius 2 is 2.50 bits per heavy atom. The van der Waals surface area contributed by atoms with Crippen LogP contribution in [0.25, 0.3) is 0 Å². The van der Waals surface area contributed by atoms with Crippen molar-refractivity contribution in [1.29, 1.82) is 0 Å². The average Bonchev–Trinajstić information content (AvgIpc) is 2.09. The zero-order valence-corrected chi connectivity index (χ0v) is 7.57. The lowest BCUT2D eigenvalue weighted by atomic mass is 10.2. The molecule has 3 N–H and O–H groups in total. The van der Waals surface area contributed by atoms with E-state index in [1.807, 2.05) is 0 Å². The predicted molar refractivity (Wildman–Crippen MR) is 46.9 cm³/mol. The van der Waals surface area contributed by atoms with Crippen LogP contribution in [0.15, 0.2) is 0 Å². The Morgan fingerprint density at radius 1 is 1.75 bits per heavy atom. The topological polar surface area (TPSA) is 58.7 Å². The van der Waals surface area contributed by atoms with Gasteiger partial charge in [-0.15, -0.1) is 0 Å². The first kappa shape index (κ1) is 9.92. The van der Waals surface area contributed by atoms with Gasteiger partial charge < -0.3 is 15.6 Å². The minimum Gasteiger partial charge on any atom is -0.390 e. The molecule has 0 radical (unpaired) electrons. The number of aliphatic hydroxyl groups excluding tert-OH is 1. The van der Waals surface area contributed by atoms with Crippen LogP contribution < -0.4 is 5.73 Å². The average molecular weight is 174 g/mol. The van der Waals surface area contributed by atoms with Crippen LogP contribution in [0.5, 0.6) is 0 Å². The zero-order valence-electron chi connectivity index (χ0n) is 7.57. The third-order valence-corrected chi connectivity index (χ3v) is 2.22. The quantitative estimate of drug-likeness (QED) is 0.578. The van der Waals surface area contributed by atoms with Gasteiger partial charge in [0, 0.05) is 25.7 Å². The molecule has 1 rings (SSSR count). The van der Waals surface area contributed by atoms with Crippen molar-refractivity contribution in [1.82, 2.24) is 4.90 Å². The Hall–Kier alpha value is -0.160. The number of hydrogen-bond acceptors (Lipinski definition) is 4. The standard InChI is InChI=1S/C8H18N2O2/c1-7-6-12-3-2-10(7)5-8(11)4-9/h7-8,11H,2-6,9H2,1H3. The molecule has 0 aromatic heterocycles. The molecule has 12 heavy (non-hydrogen) atoms. The van der Waals surface area contributed by atoms with Crippen molar-refractivity contribution >= 4 is 0 Å². The lowest BCUT2D eigenvalue weighted by molar-refractivity contribution is -0.0184. The van der Waals surface area contributed by atoms with Crippen LogP contribution in [0.4, 0.5) is 0 Å². The molecule has 4 heteroatoms. The van der Waals surface area contributed by atoms with Crippen LogP contribution in [0.3, 0.4) is 0 Å². The van der Waals surface area contributed by atoms with Crippen LogP contribution in [0.1, 0.15) is 6.92 Å². The SMILES string of the molecule is CC1COCCN1CC(O)CN. The largest absolute Gasteiger partial charge is 0.390 e. The molecule has 0 aromatic rings. The number of nitrogens with zero attached hydrogens (tertiary/aromatic N) is 1. The lowest BCUT2D eigenvalue weighted by Gasteiger charge is -2.34. The highest BCUT2D eigenvalue weighted by Gasteiger charge is 2.20. The van der Waals surface area contributed by atoms with E-state index in [1.54, 1.807) is 0 Å². The Bertz CT molecular complexity index is 132. The Balaban J connectivity index is 2.28. The van der Waals surface area contributed by atoms with Gasteiger partial charge >= 0.3 is 0 Å². The van der Waals surface area contributed by atoms with Gasteiger partial charge in [0.1, 0.15) is 0 Å². The monoisotopic (exact) mass is 174 g/mol. The van der Waals surface area contributed by atoms with Gasteiger partial charge in [0.15, 0.2) is 0 Å². The van der Waals surface area contributed by atoms with Gasteiger partial charge in [0.25, 0.3) is 0 Å². The number of rotatable bonds is 3. The second-order valence-electron chi connectivity index (χ2n) is 3.31. The maximum atomic E-state index is 9.32. The number of nitrogens with two attached hydrogens (primary N) is 1. The molecule has 0 spiro atoms. The lowest BCUT2D eigenvalue weighted by Crippen LogP contribution is -2.48. The van der Waals surface area contributed by atoms with Gasteiger partial charge in [-0.05, 0) is 6.92 Å². The van der Waals surface area contributed by atoms with Crippen molar-refractivity contribution in [3.63, 3.8) is 0 Å². The van der Waals surface area contributed by atoms with Crippen molar-refractivity contribution in [3.05, 3.63) is 0 Å². The number of hydrogen-bond donors (Lipinski definition) is 2. The first-order valence-electron chi connectivity index (χ1n) is 4.44. The first-order chi connectivity index (χ1) is 5.74. The number of β-amino-alcohol motifs (C(OH)–C–C–N with tert-alkyl or cyclic N) is 1. The maximum absolute atomic E-state index is 9.32. The van der Waals surface area contributed by atoms with Crippen molar-refractivity contribution < 1.29 is 9.84 Å². The van der Waals surface area contributed by atoms with Crippen LogP contribution in [0, 0.1) is 0 Å². The fourth-order valence-corrected chi connectivity index (χ4v) is 1.38. The van der Waals surface area contributed by atoms with E-state index < -0.39 is 6.10 Å². The number of ether oxygens (including phenoxy) is 1. The molecule has 0 bridgehead atoms. The van der Waals surface area contributed by atoms with Crippen LogP contribution in [0.2, 0.25) is 0 Å². The molecule has 1 aliphatic heterocycles. The third kappa shape index (κ3) is 2.71. The molecule has 4 nitrogen and oxygen atoms in total. The van der Waals surface area contributed by atoms with Gasteiger partial charge in [-0.25, -0.2) is 0 Å². The third-order valence-electron chi connectivity index (χ3n) is 2.22. The summed E-state index contributed by atoms with van der Waals surface area (Å²) in [5, 5.41) is 9.32. The molecule has 0 amide bonds. The van der Waals surface area contributed by atoms with Crippen molar-refractivity contribution in [3.8, 4) is 0 Å². The van der Waals surface area contributed by atoms with Crippen LogP contribution in [-0.2, 0) is 4.74 Å². The van der Waals surface area contributed by atoms with E-state index >= 15 is 0 Å². The van der Waals surface area contributed by atoms with E-state index in [2.05, 4.69) is 11.8 Å². The fourth-order valence-electron chi connectivity index (χ4n) is 1.38. The van der Waals surface area contributed by atoms with E-state index in [0.717, 1.165) is 19.8 Å². The predicted octanol–water partition coefficient (Wildman–Crippen LogP) is -0.973. The molecule has 0 aliphatic carbocycles. The van der Waals surface area contributed by atoms with E-state index in [1.165, 1.54) is 0 Å². The highest BCUT2D eigenvalue weighted by molar-refractivity contribution is 4.73. The molecule has 0 saturated carbocycles. The summed E-state index contributed by atoms with van der Waals surface area (Å²) >= 11 is 0. The Labute approximate surface area is 73.3 Å². The minimum absolute atomic E-state index is 0.337. The summed E-state index contributed by atoms with van der Waals surface area (Å²) in [6.07, 6.45) is -0.398. The maximum Gasteiger partial charge on any atom is 0.0789 e. The van der Waals surface area contributed by atoms with E-state index in [4.69, 9.17) is 10.5 Å². The van der Waals surface area contributed by atoms with E-state index in [9.17, 15) is 5.11 Å². The molecule has 2 unspecified atom stereocenters. The summed E-state index contributed by atoms with van der Waals surface area (Å²) in [5.41, 5.74) is 5.33. The summed E-state index contributed by atoms with van der Waals surface area (Å²) < 4.78 is 5.27. The smallest absolute Gasteiger partial charge is 0.0789 e. The van der Waals surface area contributed by atoms with Gasteiger partial charge in [0.05, 0.1) is 19.3 Å². The van der Waals surface area contributed by atoms with Gasteiger partial charge in [-0.2, -0.15) is 0 Å². The summed E-state index contributed by atoms with van der Waals surface area (Å²) in [6, 6.07) is 0.403. The Kier molecular flexibility index (Phi) is 3.94. The molecule has 1 aliphatic rings. The molecule has 1 fully saturated rings. The molecule has 1 saturated heterocycles. The second-order valence-corrected chi connectivity index (χ2v) is 3.31. The highest BCUT2D eigenvalue weighted by atomic mass is 16.5. The Morgan fingerprint density at radius 3 is 3.08 bits per heavy atom. The first-order valence-corrected chi connectivity index (χ1v) is 4.44. The minimum atomic E-state index is -0.398. The van der Waals surface area contributed by atoms with Crippen molar-refractivity contribution in [2.75, 3.05) is 32.8 Å². The van der Waals surface area contributed by atoms with Crippen molar-refractivity contribution in [2.45, 2.75) is 19.1 Å². The fraction of sp³-hybridized carbons (Fsp3) is 1.00. The summed E-state index contributed by atoms with van der Waals surface area (Å²) in [4.78, 5) is 2.21. The van der Waals surface area contributed by atoms with E-state index in [0.29, 0.717) is 19.1 Å². The molecular weight excluding hydrogens is 156 g/mol. The van der Waals surface area contributed by atoms with Gasteiger partial charge in [0.2, 0.25) is 0 Å². The van der Waals surface area contributed by atoms with Gasteiger partial charge in [-0.3, -0.25) is 4.90 Å². The normalized spacial score (nSPS) is 28.8. The molecular formula is C8H18N2O2. The van der Waals surface area contributed by atoms with Crippen LogP contribution >= 0.6 is 0 Å². The van der Waals surface area contributed by atoms with Crippen LogP contribution in [-0.4, -0.2) is 55.0 Å². The molecule has 72 valence electrons. The number of morpholine rings is 1. The number of aliphatic hydroxyl groups is 1. The summed E-state index contributed by atoms with van der Waals surface area (Å²) in [7, 11) is 0. The van der Waals surface area contributed by atoms with E-state index in [-0.39, 0.29) is 0 Å². The molecule has 2 atom stereocenters. The molecule has 0 aromatic carbocycles.